The topological polar surface area (TPSA) is 84.9 Å². The molecule has 7 heteroatoms. The first-order valence-corrected chi connectivity index (χ1v) is 9.49. The van der Waals surface area contributed by atoms with Gasteiger partial charge in [-0.25, -0.2) is 0 Å². The van der Waals surface area contributed by atoms with Crippen molar-refractivity contribution in [2.45, 2.75) is 51.5 Å². The number of carboxylic acid groups (broad SMARTS) is 1. The Morgan fingerprint density at radius 2 is 1.93 bits per heavy atom. The molecule has 1 aromatic carbocycles. The van der Waals surface area contributed by atoms with E-state index in [4.69, 9.17) is 14.6 Å². The van der Waals surface area contributed by atoms with Crippen LogP contribution in [0.5, 0.6) is 11.5 Å². The van der Waals surface area contributed by atoms with Crippen molar-refractivity contribution < 1.29 is 24.2 Å². The van der Waals surface area contributed by atoms with Crippen LogP contribution in [-0.4, -0.2) is 66.3 Å². The van der Waals surface area contributed by atoms with Gasteiger partial charge in [-0.15, -0.1) is 0 Å². The van der Waals surface area contributed by atoms with Gasteiger partial charge in [0.1, 0.15) is 0 Å². The van der Waals surface area contributed by atoms with Crippen LogP contribution in [0.4, 0.5) is 0 Å². The van der Waals surface area contributed by atoms with E-state index < -0.39 is 5.97 Å². The summed E-state index contributed by atoms with van der Waals surface area (Å²) in [6.07, 6.45) is 8.21. The monoisotopic (exact) mass is 399 g/mol. The van der Waals surface area contributed by atoms with Crippen LogP contribution in [0, 0.1) is 5.92 Å². The van der Waals surface area contributed by atoms with Gasteiger partial charge in [0.2, 0.25) is 5.91 Å². The first-order chi connectivity index (χ1) is 13.0. The van der Waals surface area contributed by atoms with Crippen molar-refractivity contribution in [1.29, 1.82) is 0 Å². The molecule has 0 saturated heterocycles. The van der Waals surface area contributed by atoms with Crippen molar-refractivity contribution in [1.82, 2.24) is 5.32 Å². The van der Waals surface area contributed by atoms with E-state index in [2.05, 4.69) is 12.2 Å². The maximum atomic E-state index is 12.1. The molecule has 150 valence electrons. The van der Waals surface area contributed by atoms with Crippen molar-refractivity contribution in [3.8, 4) is 11.5 Å². The van der Waals surface area contributed by atoms with Crippen molar-refractivity contribution in [3.05, 3.63) is 29.8 Å². The third-order valence-corrected chi connectivity index (χ3v) is 4.77. The number of hydrogen-bond donors (Lipinski definition) is 2. The molecule has 1 aliphatic carbocycles. The Bertz CT molecular complexity index is 669. The number of carboxylic acids is 1. The molecule has 28 heavy (non-hydrogen) atoms. The van der Waals surface area contributed by atoms with Gasteiger partial charge >= 0.3 is 35.5 Å². The van der Waals surface area contributed by atoms with E-state index in [1.807, 2.05) is 6.07 Å². The molecule has 6 nitrogen and oxygen atoms in total. The van der Waals surface area contributed by atoms with Gasteiger partial charge in [0, 0.05) is 18.5 Å². The van der Waals surface area contributed by atoms with Crippen molar-refractivity contribution in [2.75, 3.05) is 13.7 Å². The number of methoxy groups -OCH3 is 1. The minimum atomic E-state index is -0.841. The van der Waals surface area contributed by atoms with Gasteiger partial charge in [0.15, 0.2) is 11.5 Å². The SMILES string of the molecule is COc1cc(C=CC(=O)NC2CCC(C)CC2)ccc1OCCCC(=O)O.[NaH]. The van der Waals surface area contributed by atoms with Crippen molar-refractivity contribution in [3.63, 3.8) is 0 Å². The second-order valence-corrected chi connectivity index (χ2v) is 7.05. The summed E-state index contributed by atoms with van der Waals surface area (Å²) in [6, 6.07) is 5.66. The molecule has 0 bridgehead atoms. The third kappa shape index (κ3) is 8.67. The summed E-state index contributed by atoms with van der Waals surface area (Å²) < 4.78 is 10.9. The summed E-state index contributed by atoms with van der Waals surface area (Å²) in [6.45, 7) is 2.56. The average molecular weight is 399 g/mol. The van der Waals surface area contributed by atoms with Gasteiger partial charge in [-0.1, -0.05) is 13.0 Å². The molecule has 1 aliphatic rings. The minimum absolute atomic E-state index is 0. The molecule has 1 fully saturated rings. The summed E-state index contributed by atoms with van der Waals surface area (Å²) in [5.74, 6) is 0.940. The number of nitrogens with one attached hydrogen (secondary N) is 1. The van der Waals surface area contributed by atoms with Crippen molar-refractivity contribution in [2.24, 2.45) is 5.92 Å². The summed E-state index contributed by atoms with van der Waals surface area (Å²) in [5.41, 5.74) is 0.831. The number of hydrogen-bond acceptors (Lipinski definition) is 4. The number of carbonyl (C=O) groups is 2. The van der Waals surface area contributed by atoms with Crippen LogP contribution in [0.3, 0.4) is 0 Å². The molecular weight excluding hydrogens is 369 g/mol. The number of aliphatic carboxylic acids is 1. The third-order valence-electron chi connectivity index (χ3n) is 4.77. The average Bonchev–Trinajstić information content (AvgIpc) is 2.65. The standard InChI is InChI=1S/C21H29NO5.Na.H/c1-15-5-9-17(10-6-15)22-20(23)12-8-16-7-11-18(19(14-16)26-2)27-13-3-4-21(24)25;;/h7-8,11-12,14-15,17H,3-6,9-10,13H2,1-2H3,(H,22,23)(H,24,25);;. The maximum absolute atomic E-state index is 12.1. The van der Waals surface area contributed by atoms with E-state index in [-0.39, 0.29) is 47.9 Å². The van der Waals surface area contributed by atoms with Crippen LogP contribution < -0.4 is 14.8 Å². The van der Waals surface area contributed by atoms with Crippen LogP contribution in [-0.2, 0) is 9.59 Å². The summed E-state index contributed by atoms with van der Waals surface area (Å²) in [4.78, 5) is 22.6. The van der Waals surface area contributed by atoms with Crippen LogP contribution >= 0.6 is 0 Å². The molecule has 0 aliphatic heterocycles. The van der Waals surface area contributed by atoms with Crippen LogP contribution in [0.25, 0.3) is 6.08 Å². The zero-order valence-electron chi connectivity index (χ0n) is 16.1. The Kier molecular flexibility index (Phi) is 11.3. The molecular formula is C21H30NNaO5. The molecule has 0 heterocycles. The van der Waals surface area contributed by atoms with E-state index in [1.54, 1.807) is 31.4 Å². The molecule has 0 aromatic heterocycles. The zero-order chi connectivity index (χ0) is 19.6. The van der Waals surface area contributed by atoms with Gasteiger partial charge in [-0.3, -0.25) is 9.59 Å². The number of rotatable bonds is 9. The number of carbonyl (C=O) groups excluding carboxylic acids is 1. The molecule has 0 atom stereocenters. The Morgan fingerprint density at radius 1 is 1.21 bits per heavy atom. The zero-order valence-corrected chi connectivity index (χ0v) is 16.1. The summed E-state index contributed by atoms with van der Waals surface area (Å²) in [7, 11) is 1.55. The number of benzene rings is 1. The van der Waals surface area contributed by atoms with Crippen LogP contribution in [0.15, 0.2) is 24.3 Å². The second-order valence-electron chi connectivity index (χ2n) is 7.05. The quantitative estimate of drug-likeness (QED) is 0.379. The van der Waals surface area contributed by atoms with E-state index in [0.717, 1.165) is 24.3 Å². The molecule has 2 rings (SSSR count). The molecule has 0 spiro atoms. The van der Waals surface area contributed by atoms with Crippen LogP contribution in [0.2, 0.25) is 0 Å². The molecule has 0 unspecified atom stereocenters. The Hall–Kier alpha value is -1.50. The van der Waals surface area contributed by atoms with E-state index in [1.165, 1.54) is 12.8 Å². The fourth-order valence-corrected chi connectivity index (χ4v) is 3.14. The number of ether oxygens (including phenoxy) is 2. The Labute approximate surface area is 189 Å². The molecule has 1 saturated carbocycles. The Balaban J connectivity index is 0.00000392. The van der Waals surface area contributed by atoms with Gasteiger partial charge < -0.3 is 19.9 Å². The predicted molar refractivity (Wildman–Crippen MR) is 111 cm³/mol. The first kappa shape index (κ1) is 24.5. The van der Waals surface area contributed by atoms with Gasteiger partial charge in [0.05, 0.1) is 13.7 Å². The van der Waals surface area contributed by atoms with Crippen LogP contribution in [0.1, 0.15) is 51.0 Å². The summed E-state index contributed by atoms with van der Waals surface area (Å²) >= 11 is 0. The van der Waals surface area contributed by atoms with Crippen molar-refractivity contribution >= 4 is 47.5 Å². The normalized spacial score (nSPS) is 18.9. The molecule has 1 aromatic rings. The molecule has 0 radical (unpaired) electrons. The van der Waals surface area contributed by atoms with Gasteiger partial charge in [-0.2, -0.15) is 0 Å². The number of amides is 1. The van der Waals surface area contributed by atoms with Gasteiger partial charge in [0.25, 0.3) is 0 Å². The summed E-state index contributed by atoms with van der Waals surface area (Å²) in [5, 5.41) is 11.7. The Morgan fingerprint density at radius 3 is 2.57 bits per heavy atom. The van der Waals surface area contributed by atoms with Gasteiger partial charge in [-0.05, 0) is 61.8 Å². The first-order valence-electron chi connectivity index (χ1n) is 9.49. The molecule has 1 amide bonds. The second kappa shape index (κ2) is 12.9. The molecule has 2 N–H and O–H groups in total. The van der Waals surface area contributed by atoms with E-state index in [0.29, 0.717) is 24.5 Å². The van der Waals surface area contributed by atoms with E-state index in [9.17, 15) is 9.59 Å². The fraction of sp³-hybridized carbons (Fsp3) is 0.524. The fourth-order valence-electron chi connectivity index (χ4n) is 3.14. The van der Waals surface area contributed by atoms with E-state index >= 15 is 0 Å². The predicted octanol–water partition coefficient (Wildman–Crippen LogP) is 3.00.